The van der Waals surface area contributed by atoms with Gasteiger partial charge in [-0.2, -0.15) is 0 Å². The Hall–Kier alpha value is -0.530. The van der Waals surface area contributed by atoms with E-state index < -0.39 is 0 Å². The molecule has 1 spiro atoms. The molecular formula is C12H16ClN. The predicted octanol–water partition coefficient (Wildman–Crippen LogP) is 2.27. The minimum atomic E-state index is 0. The molecule has 3 rings (SSSR count). The van der Waals surface area contributed by atoms with Crippen molar-refractivity contribution < 1.29 is 0 Å². The van der Waals surface area contributed by atoms with Gasteiger partial charge in [0.1, 0.15) is 0 Å². The van der Waals surface area contributed by atoms with E-state index in [0.29, 0.717) is 5.41 Å². The molecule has 2 unspecified atom stereocenters. The number of hydrogen-bond acceptors (Lipinski definition) is 1. The van der Waals surface area contributed by atoms with E-state index in [2.05, 4.69) is 24.3 Å². The van der Waals surface area contributed by atoms with Crippen LogP contribution in [0.25, 0.3) is 0 Å². The van der Waals surface area contributed by atoms with E-state index in [4.69, 9.17) is 5.73 Å². The molecule has 2 N–H and O–H groups in total. The summed E-state index contributed by atoms with van der Waals surface area (Å²) in [5, 5.41) is 0. The molecule has 0 radical (unpaired) electrons. The molecule has 0 bridgehead atoms. The highest BCUT2D eigenvalue weighted by atomic mass is 35.5. The Morgan fingerprint density at radius 3 is 2.86 bits per heavy atom. The zero-order valence-electron chi connectivity index (χ0n) is 8.20. The van der Waals surface area contributed by atoms with Crippen LogP contribution in [0.1, 0.15) is 24.0 Å². The molecule has 0 aromatic heterocycles. The summed E-state index contributed by atoms with van der Waals surface area (Å²) in [6.07, 6.45) is 3.95. The van der Waals surface area contributed by atoms with E-state index in [1.54, 1.807) is 11.1 Å². The molecule has 1 aromatic carbocycles. The van der Waals surface area contributed by atoms with E-state index >= 15 is 0 Å². The molecule has 1 nitrogen and oxygen atoms in total. The van der Waals surface area contributed by atoms with Crippen molar-refractivity contribution in [2.75, 3.05) is 6.54 Å². The largest absolute Gasteiger partial charge is 0.330 e. The summed E-state index contributed by atoms with van der Waals surface area (Å²) in [6, 6.07) is 8.89. The van der Waals surface area contributed by atoms with Crippen molar-refractivity contribution in [2.24, 2.45) is 11.7 Å². The molecule has 0 heterocycles. The van der Waals surface area contributed by atoms with Crippen molar-refractivity contribution in [3.8, 4) is 0 Å². The van der Waals surface area contributed by atoms with Gasteiger partial charge in [-0.25, -0.2) is 0 Å². The van der Waals surface area contributed by atoms with Crippen LogP contribution in [0.15, 0.2) is 24.3 Å². The molecule has 1 fully saturated rings. The van der Waals surface area contributed by atoms with Gasteiger partial charge in [0.2, 0.25) is 0 Å². The highest BCUT2D eigenvalue weighted by molar-refractivity contribution is 5.85. The maximum Gasteiger partial charge on any atom is 0.000288 e. The number of benzene rings is 1. The van der Waals surface area contributed by atoms with Crippen LogP contribution in [0.5, 0.6) is 0 Å². The van der Waals surface area contributed by atoms with E-state index in [0.717, 1.165) is 12.5 Å². The molecule has 2 aliphatic carbocycles. The fourth-order valence-electron chi connectivity index (χ4n) is 3.04. The summed E-state index contributed by atoms with van der Waals surface area (Å²) in [5.41, 5.74) is 9.43. The van der Waals surface area contributed by atoms with Crippen molar-refractivity contribution in [3.63, 3.8) is 0 Å². The fourth-order valence-corrected chi connectivity index (χ4v) is 3.04. The van der Waals surface area contributed by atoms with Gasteiger partial charge in [-0.05, 0) is 42.9 Å². The minimum absolute atomic E-state index is 0. The maximum atomic E-state index is 5.75. The van der Waals surface area contributed by atoms with Crippen LogP contribution in [-0.4, -0.2) is 6.54 Å². The fraction of sp³-hybridized carbons (Fsp3) is 0.500. The summed E-state index contributed by atoms with van der Waals surface area (Å²) < 4.78 is 0. The molecule has 1 aromatic rings. The molecule has 0 aliphatic heterocycles. The second-order valence-corrected chi connectivity index (χ2v) is 4.45. The van der Waals surface area contributed by atoms with E-state index in [-0.39, 0.29) is 12.4 Å². The smallest absolute Gasteiger partial charge is 0.000288 e. The summed E-state index contributed by atoms with van der Waals surface area (Å²) in [7, 11) is 0. The van der Waals surface area contributed by atoms with Crippen LogP contribution in [0, 0.1) is 5.92 Å². The van der Waals surface area contributed by atoms with Crippen molar-refractivity contribution in [3.05, 3.63) is 35.4 Å². The van der Waals surface area contributed by atoms with Crippen molar-refractivity contribution in [1.82, 2.24) is 0 Å². The average Bonchev–Trinajstić information content (AvgIpc) is 2.78. The quantitative estimate of drug-likeness (QED) is 0.755. The first-order valence-electron chi connectivity index (χ1n) is 5.15. The minimum Gasteiger partial charge on any atom is -0.330 e. The Morgan fingerprint density at radius 2 is 2.14 bits per heavy atom. The van der Waals surface area contributed by atoms with Gasteiger partial charge in [0, 0.05) is 5.41 Å². The summed E-state index contributed by atoms with van der Waals surface area (Å²) in [4.78, 5) is 0. The third kappa shape index (κ3) is 1.12. The van der Waals surface area contributed by atoms with E-state index in [1.807, 2.05) is 0 Å². The Kier molecular flexibility index (Phi) is 2.32. The molecule has 0 saturated heterocycles. The normalized spacial score (nSPS) is 32.5. The first-order valence-corrected chi connectivity index (χ1v) is 5.15. The molecule has 1 saturated carbocycles. The van der Waals surface area contributed by atoms with Gasteiger partial charge >= 0.3 is 0 Å². The lowest BCUT2D eigenvalue weighted by Gasteiger charge is -2.09. The zero-order valence-corrected chi connectivity index (χ0v) is 9.02. The van der Waals surface area contributed by atoms with Crippen LogP contribution >= 0.6 is 12.4 Å². The standard InChI is InChI=1S/C12H15N.ClH/c13-8-10-7-12(10)6-5-9-3-1-2-4-11(9)12;/h1-4,10H,5-8,13H2;1H. The van der Waals surface area contributed by atoms with Crippen molar-refractivity contribution in [1.29, 1.82) is 0 Å². The summed E-state index contributed by atoms with van der Waals surface area (Å²) >= 11 is 0. The zero-order chi connectivity index (χ0) is 8.89. The van der Waals surface area contributed by atoms with Gasteiger partial charge in [0.15, 0.2) is 0 Å². The third-order valence-corrected chi connectivity index (χ3v) is 3.91. The van der Waals surface area contributed by atoms with Crippen LogP contribution < -0.4 is 5.73 Å². The number of aryl methyl sites for hydroxylation is 1. The van der Waals surface area contributed by atoms with Gasteiger partial charge < -0.3 is 5.73 Å². The lowest BCUT2D eigenvalue weighted by molar-refractivity contribution is 0.601. The molecule has 76 valence electrons. The maximum absolute atomic E-state index is 5.75. The second-order valence-electron chi connectivity index (χ2n) is 4.45. The lowest BCUT2D eigenvalue weighted by Crippen LogP contribution is -2.12. The van der Waals surface area contributed by atoms with Crippen LogP contribution in [0.4, 0.5) is 0 Å². The van der Waals surface area contributed by atoms with E-state index in [1.165, 1.54) is 19.3 Å². The SMILES string of the molecule is Cl.NCC1CC12CCc1ccccc12. The third-order valence-electron chi connectivity index (χ3n) is 3.91. The Morgan fingerprint density at radius 1 is 1.36 bits per heavy atom. The highest BCUT2D eigenvalue weighted by Gasteiger charge is 2.56. The molecule has 0 amide bonds. The molecule has 2 heteroatoms. The number of rotatable bonds is 1. The predicted molar refractivity (Wildman–Crippen MR) is 60.9 cm³/mol. The molecule has 2 aliphatic rings. The number of nitrogens with two attached hydrogens (primary N) is 1. The summed E-state index contributed by atoms with van der Waals surface area (Å²) in [5.74, 6) is 0.774. The first-order chi connectivity index (χ1) is 6.37. The Labute approximate surface area is 91.1 Å². The average molecular weight is 210 g/mol. The van der Waals surface area contributed by atoms with Crippen molar-refractivity contribution in [2.45, 2.75) is 24.7 Å². The Bertz CT molecular complexity index is 350. The number of hydrogen-bond donors (Lipinski definition) is 1. The van der Waals surface area contributed by atoms with Crippen LogP contribution in [0.2, 0.25) is 0 Å². The van der Waals surface area contributed by atoms with Gasteiger partial charge in [0.05, 0.1) is 0 Å². The topological polar surface area (TPSA) is 26.0 Å². The van der Waals surface area contributed by atoms with Gasteiger partial charge in [-0.3, -0.25) is 0 Å². The lowest BCUT2D eigenvalue weighted by atomic mass is 9.95. The highest BCUT2D eigenvalue weighted by Crippen LogP contribution is 2.60. The first kappa shape index (κ1) is 10.0. The Balaban J connectivity index is 0.000000750. The van der Waals surface area contributed by atoms with Gasteiger partial charge in [0.25, 0.3) is 0 Å². The monoisotopic (exact) mass is 209 g/mol. The van der Waals surface area contributed by atoms with Gasteiger partial charge in [-0.15, -0.1) is 12.4 Å². The number of halogens is 1. The van der Waals surface area contributed by atoms with Crippen LogP contribution in [-0.2, 0) is 11.8 Å². The van der Waals surface area contributed by atoms with Crippen molar-refractivity contribution >= 4 is 12.4 Å². The summed E-state index contributed by atoms with van der Waals surface area (Å²) in [6.45, 7) is 0.869. The second kappa shape index (κ2) is 3.25. The van der Waals surface area contributed by atoms with E-state index in [9.17, 15) is 0 Å². The van der Waals surface area contributed by atoms with Gasteiger partial charge in [-0.1, -0.05) is 24.3 Å². The van der Waals surface area contributed by atoms with Crippen LogP contribution in [0.3, 0.4) is 0 Å². The molecule has 14 heavy (non-hydrogen) atoms. The molecule has 2 atom stereocenters. The number of fused-ring (bicyclic) bond motifs is 2. The molecular weight excluding hydrogens is 194 g/mol.